The molecule has 0 aliphatic carbocycles. The van der Waals surface area contributed by atoms with E-state index in [0.717, 1.165) is 24.6 Å². The van der Waals surface area contributed by atoms with Gasteiger partial charge in [-0.1, -0.05) is 19.1 Å². The van der Waals surface area contributed by atoms with E-state index in [9.17, 15) is 4.79 Å². The molecule has 1 amide bonds. The Hall–Kier alpha value is -1.31. The van der Waals surface area contributed by atoms with Crippen LogP contribution in [0.15, 0.2) is 29.3 Å². The highest BCUT2D eigenvalue weighted by Gasteiger charge is 2.18. The fourth-order valence-electron chi connectivity index (χ4n) is 2.68. The van der Waals surface area contributed by atoms with Crippen molar-refractivity contribution in [3.63, 3.8) is 0 Å². The van der Waals surface area contributed by atoms with Crippen LogP contribution in [0.5, 0.6) is 0 Å². The molecule has 1 unspecified atom stereocenters. The van der Waals surface area contributed by atoms with Gasteiger partial charge in [-0.05, 0) is 36.5 Å². The zero-order valence-corrected chi connectivity index (χ0v) is 15.5. The van der Waals surface area contributed by atoms with Crippen molar-refractivity contribution in [3.8, 4) is 0 Å². The number of nitrogens with one attached hydrogen (secondary N) is 1. The van der Waals surface area contributed by atoms with E-state index < -0.39 is 5.91 Å². The molecule has 1 saturated heterocycles. The summed E-state index contributed by atoms with van der Waals surface area (Å²) in [5.41, 5.74) is 6.88. The van der Waals surface area contributed by atoms with Crippen LogP contribution in [0.25, 0.3) is 0 Å². The van der Waals surface area contributed by atoms with Gasteiger partial charge >= 0.3 is 0 Å². The molecule has 0 spiro atoms. The Morgan fingerprint density at radius 3 is 2.64 bits per heavy atom. The standard InChI is InChI=1S/C16H24N4O.HI/c1-12-4-3-9-20(11-12)16(18-2)19-10-13-5-7-14(8-6-13)15(17)21;/h5-8,12H,3-4,9-11H2,1-2H3,(H2,17,21)(H,18,19);1H. The van der Waals surface area contributed by atoms with E-state index >= 15 is 0 Å². The molecule has 122 valence electrons. The summed E-state index contributed by atoms with van der Waals surface area (Å²) in [7, 11) is 1.82. The number of amides is 1. The van der Waals surface area contributed by atoms with Gasteiger partial charge in [0, 0.05) is 32.2 Å². The minimum atomic E-state index is -0.396. The molecular weight excluding hydrogens is 391 g/mol. The first-order chi connectivity index (χ1) is 10.1. The van der Waals surface area contributed by atoms with Gasteiger partial charge in [0.05, 0.1) is 0 Å². The van der Waals surface area contributed by atoms with Gasteiger partial charge in [0.15, 0.2) is 5.96 Å². The second kappa shape index (κ2) is 8.97. The second-order valence-electron chi connectivity index (χ2n) is 5.66. The quantitative estimate of drug-likeness (QED) is 0.451. The first-order valence-corrected chi connectivity index (χ1v) is 7.44. The highest BCUT2D eigenvalue weighted by Crippen LogP contribution is 2.15. The monoisotopic (exact) mass is 416 g/mol. The van der Waals surface area contributed by atoms with Crippen LogP contribution in [0, 0.1) is 5.92 Å². The molecule has 3 N–H and O–H groups in total. The number of piperidine rings is 1. The number of nitrogens with zero attached hydrogens (tertiary/aromatic N) is 2. The van der Waals surface area contributed by atoms with Crippen molar-refractivity contribution in [1.29, 1.82) is 0 Å². The van der Waals surface area contributed by atoms with Gasteiger partial charge in [0.2, 0.25) is 5.91 Å². The maximum Gasteiger partial charge on any atom is 0.248 e. The SMILES string of the molecule is CN=C(NCc1ccc(C(N)=O)cc1)N1CCCC(C)C1.I. The molecule has 1 fully saturated rings. The zero-order chi connectivity index (χ0) is 15.2. The van der Waals surface area contributed by atoms with Crippen LogP contribution in [-0.4, -0.2) is 36.9 Å². The molecule has 1 aromatic rings. The third-order valence-corrected chi connectivity index (χ3v) is 3.86. The molecule has 1 atom stereocenters. The van der Waals surface area contributed by atoms with E-state index in [2.05, 4.69) is 22.1 Å². The third kappa shape index (κ3) is 5.15. The van der Waals surface area contributed by atoms with Crippen molar-refractivity contribution in [1.82, 2.24) is 10.2 Å². The molecule has 0 saturated carbocycles. The average molecular weight is 416 g/mol. The molecule has 6 heteroatoms. The number of rotatable bonds is 3. The predicted molar refractivity (Wildman–Crippen MR) is 101 cm³/mol. The smallest absolute Gasteiger partial charge is 0.248 e. The van der Waals surface area contributed by atoms with Crippen molar-refractivity contribution < 1.29 is 4.79 Å². The number of guanidine groups is 1. The summed E-state index contributed by atoms with van der Waals surface area (Å²) in [5.74, 6) is 1.26. The lowest BCUT2D eigenvalue weighted by atomic mass is 10.0. The number of halogens is 1. The highest BCUT2D eigenvalue weighted by atomic mass is 127. The lowest BCUT2D eigenvalue weighted by Gasteiger charge is -2.33. The topological polar surface area (TPSA) is 70.7 Å². The van der Waals surface area contributed by atoms with Crippen molar-refractivity contribution in [2.24, 2.45) is 16.6 Å². The molecule has 0 radical (unpaired) electrons. The minimum Gasteiger partial charge on any atom is -0.366 e. The van der Waals surface area contributed by atoms with E-state index in [0.29, 0.717) is 18.0 Å². The summed E-state index contributed by atoms with van der Waals surface area (Å²) in [6.45, 7) is 5.09. The molecule has 5 nitrogen and oxygen atoms in total. The fraction of sp³-hybridized carbons (Fsp3) is 0.500. The van der Waals surface area contributed by atoms with Gasteiger partial charge in [-0.3, -0.25) is 9.79 Å². The van der Waals surface area contributed by atoms with Crippen molar-refractivity contribution >= 4 is 35.8 Å². The van der Waals surface area contributed by atoms with Gasteiger partial charge in [0.25, 0.3) is 0 Å². The van der Waals surface area contributed by atoms with Gasteiger partial charge in [0.1, 0.15) is 0 Å². The van der Waals surface area contributed by atoms with Crippen LogP contribution in [0.2, 0.25) is 0 Å². The van der Waals surface area contributed by atoms with Crippen LogP contribution in [0.4, 0.5) is 0 Å². The normalized spacial score (nSPS) is 18.5. The second-order valence-corrected chi connectivity index (χ2v) is 5.66. The first-order valence-electron chi connectivity index (χ1n) is 7.44. The molecule has 0 aromatic heterocycles. The Balaban J connectivity index is 0.00000242. The molecule has 0 bridgehead atoms. The number of likely N-dealkylation sites (tertiary alicyclic amines) is 1. The van der Waals surface area contributed by atoms with Crippen LogP contribution in [0.3, 0.4) is 0 Å². The van der Waals surface area contributed by atoms with Crippen LogP contribution in [0.1, 0.15) is 35.7 Å². The van der Waals surface area contributed by atoms with Crippen LogP contribution >= 0.6 is 24.0 Å². The largest absolute Gasteiger partial charge is 0.366 e. The van der Waals surface area contributed by atoms with Gasteiger partial charge < -0.3 is 16.0 Å². The number of benzene rings is 1. The number of carbonyl (C=O) groups is 1. The summed E-state index contributed by atoms with van der Waals surface area (Å²) in [6.07, 6.45) is 2.51. The molecule has 1 aromatic carbocycles. The molecule has 1 heterocycles. The molecule has 22 heavy (non-hydrogen) atoms. The van der Waals surface area contributed by atoms with Crippen molar-refractivity contribution in [2.45, 2.75) is 26.3 Å². The summed E-state index contributed by atoms with van der Waals surface area (Å²) in [5, 5.41) is 3.38. The Bertz CT molecular complexity index is 515. The molecule has 1 aliphatic heterocycles. The number of aliphatic imine (C=N–C) groups is 1. The zero-order valence-electron chi connectivity index (χ0n) is 13.2. The van der Waals surface area contributed by atoms with Crippen molar-refractivity contribution in [3.05, 3.63) is 35.4 Å². The van der Waals surface area contributed by atoms with Crippen LogP contribution < -0.4 is 11.1 Å². The summed E-state index contributed by atoms with van der Waals surface area (Å²) >= 11 is 0. The maximum absolute atomic E-state index is 11.0. The Kier molecular flexibility index (Phi) is 7.64. The van der Waals surface area contributed by atoms with Crippen molar-refractivity contribution in [2.75, 3.05) is 20.1 Å². The maximum atomic E-state index is 11.0. The molecule has 2 rings (SSSR count). The first kappa shape index (κ1) is 18.7. The van der Waals surface area contributed by atoms with E-state index in [1.54, 1.807) is 12.1 Å². The number of hydrogen-bond acceptors (Lipinski definition) is 2. The van der Waals surface area contributed by atoms with E-state index in [-0.39, 0.29) is 24.0 Å². The average Bonchev–Trinajstić information content (AvgIpc) is 2.48. The fourth-order valence-corrected chi connectivity index (χ4v) is 2.68. The Morgan fingerprint density at radius 2 is 2.09 bits per heavy atom. The van der Waals surface area contributed by atoms with Crippen LogP contribution in [-0.2, 0) is 6.54 Å². The molecule has 1 aliphatic rings. The van der Waals surface area contributed by atoms with Gasteiger partial charge in [-0.15, -0.1) is 24.0 Å². The van der Waals surface area contributed by atoms with E-state index in [1.165, 1.54) is 12.8 Å². The van der Waals surface area contributed by atoms with Gasteiger partial charge in [-0.25, -0.2) is 0 Å². The van der Waals surface area contributed by atoms with Gasteiger partial charge in [-0.2, -0.15) is 0 Å². The lowest BCUT2D eigenvalue weighted by Crippen LogP contribution is -2.45. The Labute approximate surface area is 149 Å². The highest BCUT2D eigenvalue weighted by molar-refractivity contribution is 14.0. The summed E-state index contributed by atoms with van der Waals surface area (Å²) in [4.78, 5) is 17.7. The lowest BCUT2D eigenvalue weighted by molar-refractivity contribution is 0.100. The Morgan fingerprint density at radius 1 is 1.41 bits per heavy atom. The van der Waals surface area contributed by atoms with E-state index in [1.807, 2.05) is 19.2 Å². The molecular formula is C16H25IN4O. The summed E-state index contributed by atoms with van der Waals surface area (Å²) in [6, 6.07) is 7.34. The predicted octanol–water partition coefficient (Wildman–Crippen LogP) is 2.21. The third-order valence-electron chi connectivity index (χ3n) is 3.86. The number of primary amides is 1. The van der Waals surface area contributed by atoms with E-state index in [4.69, 9.17) is 5.73 Å². The minimum absolute atomic E-state index is 0. The number of carbonyl (C=O) groups excluding carboxylic acids is 1. The number of nitrogens with two attached hydrogens (primary N) is 1. The number of hydrogen-bond donors (Lipinski definition) is 2. The summed E-state index contributed by atoms with van der Waals surface area (Å²) < 4.78 is 0.